The number of aromatic nitrogens is 2. The van der Waals surface area contributed by atoms with Crippen LogP contribution in [0.1, 0.15) is 16.1 Å². The Bertz CT molecular complexity index is 1740. The second kappa shape index (κ2) is 11.8. The molecule has 5 aromatic rings. The van der Waals surface area contributed by atoms with Gasteiger partial charge in [-0.2, -0.15) is 0 Å². The molecule has 9 heteroatoms. The number of ether oxygens (including phenoxy) is 5. The lowest BCUT2D eigenvalue weighted by Crippen LogP contribution is -2.26. The zero-order valence-electron chi connectivity index (χ0n) is 23.0. The first-order valence-corrected chi connectivity index (χ1v) is 12.7. The van der Waals surface area contributed by atoms with E-state index in [9.17, 15) is 9.59 Å². The van der Waals surface area contributed by atoms with E-state index in [2.05, 4.69) is 4.98 Å². The first-order chi connectivity index (χ1) is 20.0. The lowest BCUT2D eigenvalue weighted by molar-refractivity contribution is 0.0591. The number of benzene rings is 3. The fourth-order valence-corrected chi connectivity index (χ4v) is 4.75. The van der Waals surface area contributed by atoms with Gasteiger partial charge in [0.05, 0.1) is 33.8 Å². The van der Waals surface area contributed by atoms with Crippen LogP contribution in [0.4, 0.5) is 0 Å². The number of hydrogen-bond acceptors (Lipinski definition) is 8. The average molecular weight is 553 g/mol. The molecule has 2 heterocycles. The van der Waals surface area contributed by atoms with Gasteiger partial charge in [0.15, 0.2) is 11.5 Å². The quantitative estimate of drug-likeness (QED) is 0.223. The number of carbonyl (C=O) groups is 1. The van der Waals surface area contributed by atoms with Gasteiger partial charge in [0.2, 0.25) is 5.75 Å². The second-order valence-electron chi connectivity index (χ2n) is 8.96. The van der Waals surface area contributed by atoms with Crippen LogP contribution in [0.2, 0.25) is 0 Å². The molecule has 0 amide bonds. The maximum absolute atomic E-state index is 14.1. The van der Waals surface area contributed by atoms with Crippen molar-refractivity contribution in [2.24, 2.45) is 0 Å². The third-order valence-corrected chi connectivity index (χ3v) is 6.66. The summed E-state index contributed by atoms with van der Waals surface area (Å²) >= 11 is 0. The van der Waals surface area contributed by atoms with E-state index in [1.807, 2.05) is 18.2 Å². The van der Waals surface area contributed by atoms with Gasteiger partial charge in [-0.1, -0.05) is 18.2 Å². The lowest BCUT2D eigenvalue weighted by Gasteiger charge is -2.21. The molecule has 0 unspecified atom stereocenters. The van der Waals surface area contributed by atoms with Gasteiger partial charge >= 0.3 is 5.97 Å². The Morgan fingerprint density at radius 2 is 1.49 bits per heavy atom. The van der Waals surface area contributed by atoms with E-state index >= 15 is 0 Å². The molecular formula is C32H28N2O7. The number of pyridine rings is 2. The molecule has 0 atom stereocenters. The van der Waals surface area contributed by atoms with Crippen molar-refractivity contribution in [1.82, 2.24) is 9.55 Å². The van der Waals surface area contributed by atoms with Crippen molar-refractivity contribution < 1.29 is 28.5 Å². The summed E-state index contributed by atoms with van der Waals surface area (Å²) in [5, 5.41) is 0.866. The summed E-state index contributed by atoms with van der Waals surface area (Å²) in [5.74, 6) is 0.981. The summed E-state index contributed by atoms with van der Waals surface area (Å²) in [6.45, 7) is 0.293. The van der Waals surface area contributed by atoms with Gasteiger partial charge in [0.1, 0.15) is 18.1 Å². The fourth-order valence-electron chi connectivity index (χ4n) is 4.75. The average Bonchev–Trinajstić information content (AvgIpc) is 3.03. The molecule has 0 spiro atoms. The predicted octanol–water partition coefficient (Wildman–Crippen LogP) is 5.44. The largest absolute Gasteiger partial charge is 0.493 e. The Kier molecular flexibility index (Phi) is 7.87. The number of methoxy groups -OCH3 is 4. The Hall–Kier alpha value is -5.31. The SMILES string of the molecule is COC(=O)c1c(-c2cc(OC)c(OC)c(OC)c2)c2ccc(OCc3ccncc3)cc2c(=O)n1-c1ccccc1. The maximum Gasteiger partial charge on any atom is 0.355 e. The molecule has 0 N–H and O–H groups in total. The Balaban J connectivity index is 1.84. The topological polar surface area (TPSA) is 98.1 Å². The summed E-state index contributed by atoms with van der Waals surface area (Å²) in [7, 11) is 5.81. The van der Waals surface area contributed by atoms with Crippen molar-refractivity contribution in [3.05, 3.63) is 107 Å². The fraction of sp³-hybridized carbons (Fsp3) is 0.156. The van der Waals surface area contributed by atoms with Crippen molar-refractivity contribution in [1.29, 1.82) is 0 Å². The summed E-state index contributed by atoms with van der Waals surface area (Å²) in [5.41, 5.74) is 2.08. The van der Waals surface area contributed by atoms with Crippen LogP contribution in [0, 0.1) is 0 Å². The van der Waals surface area contributed by atoms with E-state index in [1.54, 1.807) is 67.0 Å². The molecule has 0 fully saturated rings. The lowest BCUT2D eigenvalue weighted by atomic mass is 9.95. The highest BCUT2D eigenvalue weighted by Gasteiger charge is 2.27. The Labute approximate surface area is 236 Å². The molecule has 9 nitrogen and oxygen atoms in total. The van der Waals surface area contributed by atoms with Crippen LogP contribution in [-0.2, 0) is 11.3 Å². The van der Waals surface area contributed by atoms with E-state index < -0.39 is 11.5 Å². The van der Waals surface area contributed by atoms with Crippen LogP contribution in [0.15, 0.2) is 90.0 Å². The highest BCUT2D eigenvalue weighted by Crippen LogP contribution is 2.44. The molecule has 2 aromatic heterocycles. The van der Waals surface area contributed by atoms with Gasteiger partial charge in [-0.25, -0.2) is 4.79 Å². The van der Waals surface area contributed by atoms with Gasteiger partial charge < -0.3 is 23.7 Å². The van der Waals surface area contributed by atoms with Crippen LogP contribution >= 0.6 is 0 Å². The van der Waals surface area contributed by atoms with Crippen LogP contribution in [0.5, 0.6) is 23.0 Å². The molecule has 41 heavy (non-hydrogen) atoms. The summed E-state index contributed by atoms with van der Waals surface area (Å²) < 4.78 is 29.3. The zero-order valence-corrected chi connectivity index (χ0v) is 23.0. The molecule has 0 bridgehead atoms. The van der Waals surface area contributed by atoms with Gasteiger partial charge in [-0.15, -0.1) is 0 Å². The third kappa shape index (κ3) is 5.17. The number of fused-ring (bicyclic) bond motifs is 1. The Morgan fingerprint density at radius 1 is 0.805 bits per heavy atom. The van der Waals surface area contributed by atoms with Gasteiger partial charge in [0, 0.05) is 23.6 Å². The number of esters is 1. The zero-order chi connectivity index (χ0) is 28.9. The number of rotatable bonds is 9. The normalized spacial score (nSPS) is 10.7. The highest BCUT2D eigenvalue weighted by atomic mass is 16.5. The summed E-state index contributed by atoms with van der Waals surface area (Å²) in [4.78, 5) is 31.6. The number of nitrogens with zero attached hydrogens (tertiary/aromatic N) is 2. The van der Waals surface area contributed by atoms with Gasteiger partial charge in [-0.3, -0.25) is 14.3 Å². The number of carbonyl (C=O) groups excluding carboxylic acids is 1. The minimum absolute atomic E-state index is 0.0518. The van der Waals surface area contributed by atoms with Crippen molar-refractivity contribution in [3.8, 4) is 39.8 Å². The molecule has 3 aromatic carbocycles. The molecule has 5 rings (SSSR count). The Morgan fingerprint density at radius 3 is 2.10 bits per heavy atom. The monoisotopic (exact) mass is 552 g/mol. The molecule has 0 saturated heterocycles. The summed E-state index contributed by atoms with van der Waals surface area (Å²) in [6, 6.07) is 21.3. The first kappa shape index (κ1) is 27.3. The molecule has 0 aliphatic heterocycles. The van der Waals surface area contributed by atoms with Crippen LogP contribution in [-0.4, -0.2) is 44.0 Å². The molecule has 0 radical (unpaired) electrons. The van der Waals surface area contributed by atoms with E-state index in [4.69, 9.17) is 23.7 Å². The van der Waals surface area contributed by atoms with Crippen LogP contribution < -0.4 is 24.5 Å². The number of para-hydroxylation sites is 1. The third-order valence-electron chi connectivity index (χ3n) is 6.66. The van der Waals surface area contributed by atoms with Gasteiger partial charge in [-0.05, 0) is 71.1 Å². The summed E-state index contributed by atoms with van der Waals surface area (Å²) in [6.07, 6.45) is 3.38. The van der Waals surface area contributed by atoms with E-state index in [-0.39, 0.29) is 5.69 Å². The van der Waals surface area contributed by atoms with Crippen molar-refractivity contribution in [2.45, 2.75) is 6.61 Å². The predicted molar refractivity (Wildman–Crippen MR) is 155 cm³/mol. The number of hydrogen-bond donors (Lipinski definition) is 0. The first-order valence-electron chi connectivity index (χ1n) is 12.7. The van der Waals surface area contributed by atoms with Crippen molar-refractivity contribution >= 4 is 16.7 Å². The van der Waals surface area contributed by atoms with E-state index in [1.165, 1.54) is 33.0 Å². The van der Waals surface area contributed by atoms with Gasteiger partial charge in [0.25, 0.3) is 5.56 Å². The minimum Gasteiger partial charge on any atom is -0.493 e. The molecule has 0 aliphatic rings. The van der Waals surface area contributed by atoms with E-state index in [0.29, 0.717) is 57.2 Å². The minimum atomic E-state index is -0.686. The van der Waals surface area contributed by atoms with E-state index in [0.717, 1.165) is 5.56 Å². The highest BCUT2D eigenvalue weighted by molar-refractivity contribution is 6.07. The molecular weight excluding hydrogens is 524 g/mol. The molecule has 208 valence electrons. The molecule has 0 aliphatic carbocycles. The van der Waals surface area contributed by atoms with Crippen LogP contribution in [0.3, 0.4) is 0 Å². The smallest absolute Gasteiger partial charge is 0.355 e. The maximum atomic E-state index is 14.1. The second-order valence-corrected chi connectivity index (χ2v) is 8.96. The molecule has 0 saturated carbocycles. The standard InChI is InChI=1S/C32H28N2O7/c1-37-26-16-21(17-27(38-2)30(26)39-3)28-24-11-10-23(41-19-20-12-14-33-15-13-20)18-25(24)31(35)34(29(28)32(36)40-4)22-8-6-5-7-9-22/h5-18H,19H2,1-4H3. The van der Waals surface area contributed by atoms with Crippen molar-refractivity contribution in [3.63, 3.8) is 0 Å². The van der Waals surface area contributed by atoms with Crippen molar-refractivity contribution in [2.75, 3.05) is 28.4 Å². The van der Waals surface area contributed by atoms with Crippen LogP contribution in [0.25, 0.3) is 27.6 Å².